The Kier molecular flexibility index (Phi) is 2.46. The van der Waals surface area contributed by atoms with Gasteiger partial charge in [0.25, 0.3) is 5.56 Å². The molecular formula is C13H16N2O. The molecule has 0 aliphatic heterocycles. The van der Waals surface area contributed by atoms with Crippen molar-refractivity contribution in [3.63, 3.8) is 0 Å². The van der Waals surface area contributed by atoms with Crippen LogP contribution in [0.3, 0.4) is 0 Å². The normalized spacial score (nSPS) is 11.7. The highest BCUT2D eigenvalue weighted by molar-refractivity contribution is 5.58. The molecule has 1 aromatic heterocycles. The number of nitrogens with one attached hydrogen (secondary N) is 1. The molecule has 0 spiro atoms. The summed E-state index contributed by atoms with van der Waals surface area (Å²) < 4.78 is 1.65. The minimum atomic E-state index is -0.218. The Morgan fingerprint density at radius 3 is 2.25 bits per heavy atom. The maximum Gasteiger partial charge on any atom is 0.267 e. The van der Waals surface area contributed by atoms with Gasteiger partial charge in [-0.05, 0) is 26.3 Å². The molecule has 0 radical (unpaired) electrons. The third-order valence-electron chi connectivity index (χ3n) is 2.48. The summed E-state index contributed by atoms with van der Waals surface area (Å²) in [6.45, 7) is 6.00. The fourth-order valence-corrected chi connectivity index (χ4v) is 1.66. The molecule has 0 amide bonds. The van der Waals surface area contributed by atoms with Gasteiger partial charge < -0.3 is 0 Å². The van der Waals surface area contributed by atoms with Crippen LogP contribution in [0.2, 0.25) is 0 Å². The van der Waals surface area contributed by atoms with Gasteiger partial charge in [-0.2, -0.15) is 0 Å². The highest BCUT2D eigenvalue weighted by Gasteiger charge is 2.17. The van der Waals surface area contributed by atoms with Crippen molar-refractivity contribution < 1.29 is 0 Å². The zero-order valence-corrected chi connectivity index (χ0v) is 9.82. The van der Waals surface area contributed by atoms with E-state index in [1.807, 2.05) is 51.1 Å². The summed E-state index contributed by atoms with van der Waals surface area (Å²) in [5.74, 6) is 0. The molecule has 0 saturated carbocycles. The Bertz CT molecular complexity index is 529. The molecule has 84 valence electrons. The smallest absolute Gasteiger partial charge is 0.267 e. The first-order valence-corrected chi connectivity index (χ1v) is 5.36. The molecule has 0 unspecified atom stereocenters. The van der Waals surface area contributed by atoms with Crippen LogP contribution in [0.15, 0.2) is 41.2 Å². The Morgan fingerprint density at radius 1 is 1.12 bits per heavy atom. The monoisotopic (exact) mass is 216 g/mol. The summed E-state index contributed by atoms with van der Waals surface area (Å²) >= 11 is 0. The summed E-state index contributed by atoms with van der Waals surface area (Å²) in [4.78, 5) is 11.8. The van der Waals surface area contributed by atoms with Crippen LogP contribution < -0.4 is 5.56 Å². The highest BCUT2D eigenvalue weighted by atomic mass is 16.1. The van der Waals surface area contributed by atoms with Gasteiger partial charge in [0.1, 0.15) is 0 Å². The molecule has 16 heavy (non-hydrogen) atoms. The van der Waals surface area contributed by atoms with Gasteiger partial charge in [0.05, 0.1) is 11.2 Å². The Hall–Kier alpha value is -1.77. The minimum Gasteiger partial charge on any atom is -0.294 e. The predicted molar refractivity (Wildman–Crippen MR) is 65.5 cm³/mol. The zero-order chi connectivity index (χ0) is 11.8. The highest BCUT2D eigenvalue weighted by Crippen LogP contribution is 2.17. The van der Waals surface area contributed by atoms with Crippen molar-refractivity contribution >= 4 is 0 Å². The van der Waals surface area contributed by atoms with E-state index in [0.29, 0.717) is 0 Å². The number of hydrogen-bond donors (Lipinski definition) is 1. The Morgan fingerprint density at radius 2 is 1.75 bits per heavy atom. The third-order valence-corrected chi connectivity index (χ3v) is 2.48. The summed E-state index contributed by atoms with van der Waals surface area (Å²) in [6, 6.07) is 11.5. The number of hydrogen-bond acceptors (Lipinski definition) is 1. The van der Waals surface area contributed by atoms with Gasteiger partial charge in [-0.15, -0.1) is 0 Å². The van der Waals surface area contributed by atoms with E-state index in [-0.39, 0.29) is 11.1 Å². The maximum atomic E-state index is 11.8. The van der Waals surface area contributed by atoms with Crippen molar-refractivity contribution in [2.45, 2.75) is 26.3 Å². The third kappa shape index (κ3) is 1.94. The molecule has 0 aliphatic rings. The first kappa shape index (κ1) is 10.7. The van der Waals surface area contributed by atoms with E-state index < -0.39 is 0 Å². The average Bonchev–Trinajstić information content (AvgIpc) is 2.61. The molecule has 0 fully saturated rings. The number of rotatable bonds is 1. The molecule has 0 aliphatic carbocycles. The molecule has 1 heterocycles. The number of aromatic nitrogens is 2. The lowest BCUT2D eigenvalue weighted by Gasteiger charge is -2.19. The summed E-state index contributed by atoms with van der Waals surface area (Å²) in [5, 5.41) is 3.14. The lowest BCUT2D eigenvalue weighted by Crippen LogP contribution is -2.32. The molecule has 1 aromatic carbocycles. The van der Waals surface area contributed by atoms with Gasteiger partial charge in [0.15, 0.2) is 0 Å². The molecule has 0 saturated heterocycles. The lowest BCUT2D eigenvalue weighted by atomic mass is 10.1. The van der Waals surface area contributed by atoms with Gasteiger partial charge in [0, 0.05) is 6.07 Å². The predicted octanol–water partition coefficient (Wildman–Crippen LogP) is 2.60. The number of nitrogens with zero attached hydrogens (tertiary/aromatic N) is 1. The van der Waals surface area contributed by atoms with E-state index in [1.165, 1.54) is 0 Å². The molecular weight excluding hydrogens is 200 g/mol. The summed E-state index contributed by atoms with van der Waals surface area (Å²) in [7, 11) is 0. The van der Waals surface area contributed by atoms with Crippen LogP contribution in [0, 0.1) is 0 Å². The quantitative estimate of drug-likeness (QED) is 0.781. The second-order valence-corrected chi connectivity index (χ2v) is 4.88. The van der Waals surface area contributed by atoms with Crippen LogP contribution in [-0.2, 0) is 5.54 Å². The summed E-state index contributed by atoms with van der Waals surface area (Å²) in [5.41, 5.74) is 1.68. The molecule has 3 heteroatoms. The topological polar surface area (TPSA) is 37.8 Å². The van der Waals surface area contributed by atoms with E-state index in [1.54, 1.807) is 10.7 Å². The molecule has 2 rings (SSSR count). The Balaban J connectivity index is 2.51. The van der Waals surface area contributed by atoms with Crippen LogP contribution in [0.1, 0.15) is 20.8 Å². The van der Waals surface area contributed by atoms with Gasteiger partial charge >= 0.3 is 0 Å². The molecule has 3 nitrogen and oxygen atoms in total. The standard InChI is InChI=1S/C13H16N2O/c1-13(2,3)15-12(16)9-11(14-15)10-7-5-4-6-8-10/h4-9,14H,1-3H3. The van der Waals surface area contributed by atoms with Crippen LogP contribution in [0.4, 0.5) is 0 Å². The minimum absolute atomic E-state index is 0.00588. The van der Waals surface area contributed by atoms with Gasteiger partial charge in [-0.25, -0.2) is 4.68 Å². The summed E-state index contributed by atoms with van der Waals surface area (Å²) in [6.07, 6.45) is 0. The van der Waals surface area contributed by atoms with Gasteiger partial charge in [-0.1, -0.05) is 30.3 Å². The van der Waals surface area contributed by atoms with E-state index in [9.17, 15) is 4.79 Å². The first-order valence-electron chi connectivity index (χ1n) is 5.36. The fraction of sp³-hybridized carbons (Fsp3) is 0.308. The lowest BCUT2D eigenvalue weighted by molar-refractivity contribution is 0.346. The van der Waals surface area contributed by atoms with E-state index >= 15 is 0 Å². The maximum absolute atomic E-state index is 11.8. The SMILES string of the molecule is CC(C)(C)n1[nH]c(-c2ccccc2)cc1=O. The van der Waals surface area contributed by atoms with E-state index in [2.05, 4.69) is 5.10 Å². The number of benzene rings is 1. The van der Waals surface area contributed by atoms with Gasteiger partial charge in [0.2, 0.25) is 0 Å². The molecule has 0 atom stereocenters. The van der Waals surface area contributed by atoms with Crippen LogP contribution in [-0.4, -0.2) is 9.78 Å². The van der Waals surface area contributed by atoms with Crippen molar-refractivity contribution in [3.05, 3.63) is 46.8 Å². The molecule has 2 aromatic rings. The van der Waals surface area contributed by atoms with Crippen LogP contribution in [0.5, 0.6) is 0 Å². The number of H-pyrrole nitrogens is 1. The van der Waals surface area contributed by atoms with Crippen molar-refractivity contribution in [1.29, 1.82) is 0 Å². The van der Waals surface area contributed by atoms with Crippen molar-refractivity contribution in [3.8, 4) is 11.3 Å². The largest absolute Gasteiger partial charge is 0.294 e. The van der Waals surface area contributed by atoms with Crippen molar-refractivity contribution in [2.75, 3.05) is 0 Å². The van der Waals surface area contributed by atoms with Crippen molar-refractivity contribution in [1.82, 2.24) is 9.78 Å². The average molecular weight is 216 g/mol. The fourth-order valence-electron chi connectivity index (χ4n) is 1.66. The first-order chi connectivity index (χ1) is 7.48. The van der Waals surface area contributed by atoms with Crippen molar-refractivity contribution in [2.24, 2.45) is 0 Å². The molecule has 0 bridgehead atoms. The van der Waals surface area contributed by atoms with Crippen LogP contribution in [0.25, 0.3) is 11.3 Å². The van der Waals surface area contributed by atoms with Crippen LogP contribution >= 0.6 is 0 Å². The zero-order valence-electron chi connectivity index (χ0n) is 9.82. The second-order valence-electron chi connectivity index (χ2n) is 4.88. The second kappa shape index (κ2) is 3.67. The van der Waals surface area contributed by atoms with Gasteiger partial charge in [-0.3, -0.25) is 9.89 Å². The van der Waals surface area contributed by atoms with E-state index in [0.717, 1.165) is 11.3 Å². The van der Waals surface area contributed by atoms with E-state index in [4.69, 9.17) is 0 Å². The number of aromatic amines is 1. The Labute approximate surface area is 94.7 Å². The molecule has 1 N–H and O–H groups in total.